The third-order valence-corrected chi connectivity index (χ3v) is 11.7. The molecule has 0 spiro atoms. The van der Waals surface area contributed by atoms with E-state index in [1.54, 1.807) is 0 Å². The van der Waals surface area contributed by atoms with Gasteiger partial charge in [0, 0.05) is 12.8 Å². The minimum absolute atomic E-state index is 0.212. The SMILES string of the molecule is CCCCCCCC/C=C/CCCCCCCCCCCCCC(=O)O[C@H](COC(=O)CCCCCCCCCCCCCCC)CO[C@@H]1O[C@H](CO)[C@H](O)C(O)C1O. The van der Waals surface area contributed by atoms with Crippen LogP contribution in [0.2, 0.25) is 0 Å². The molecule has 59 heavy (non-hydrogen) atoms. The second kappa shape index (κ2) is 40.5. The maximum absolute atomic E-state index is 12.8. The predicted molar refractivity (Wildman–Crippen MR) is 238 cm³/mol. The van der Waals surface area contributed by atoms with Crippen LogP contribution in [-0.4, -0.2) is 89.0 Å². The summed E-state index contributed by atoms with van der Waals surface area (Å²) < 4.78 is 22.2. The van der Waals surface area contributed by atoms with Crippen molar-refractivity contribution in [3.05, 3.63) is 12.2 Å². The number of unbranched alkanes of at least 4 members (excludes halogenated alkanes) is 29. The maximum Gasteiger partial charge on any atom is 0.306 e. The molecule has 0 aromatic heterocycles. The number of esters is 2. The molecule has 1 aliphatic rings. The molecule has 2 unspecified atom stereocenters. The Morgan fingerprint density at radius 2 is 0.898 bits per heavy atom. The quantitative estimate of drug-likeness (QED) is 0.0265. The molecule has 348 valence electrons. The third kappa shape index (κ3) is 31.9. The Hall–Kier alpha value is -1.56. The second-order valence-corrected chi connectivity index (χ2v) is 17.3. The zero-order valence-electron chi connectivity index (χ0n) is 38.0. The third-order valence-electron chi connectivity index (χ3n) is 11.7. The summed E-state index contributed by atoms with van der Waals surface area (Å²) in [6.45, 7) is 3.45. The Kier molecular flexibility index (Phi) is 38.1. The zero-order chi connectivity index (χ0) is 43.0. The fraction of sp³-hybridized carbons (Fsp3) is 0.918. The minimum Gasteiger partial charge on any atom is -0.462 e. The molecule has 1 saturated heterocycles. The molecule has 6 atom stereocenters. The summed E-state index contributed by atoms with van der Waals surface area (Å²) in [5.41, 5.74) is 0. The summed E-state index contributed by atoms with van der Waals surface area (Å²) in [6.07, 6.45) is 36.5. The van der Waals surface area contributed by atoms with Gasteiger partial charge in [0.15, 0.2) is 12.4 Å². The van der Waals surface area contributed by atoms with Gasteiger partial charge in [-0.3, -0.25) is 9.59 Å². The van der Waals surface area contributed by atoms with Crippen LogP contribution in [0, 0.1) is 0 Å². The normalized spacial score (nSPS) is 20.0. The highest BCUT2D eigenvalue weighted by Gasteiger charge is 2.44. The number of hydrogen-bond donors (Lipinski definition) is 4. The monoisotopic (exact) mass is 841 g/mol. The van der Waals surface area contributed by atoms with E-state index in [0.29, 0.717) is 6.42 Å². The van der Waals surface area contributed by atoms with Gasteiger partial charge in [0.25, 0.3) is 0 Å². The van der Waals surface area contributed by atoms with Crippen molar-refractivity contribution in [1.82, 2.24) is 0 Å². The van der Waals surface area contributed by atoms with E-state index in [1.807, 2.05) is 0 Å². The van der Waals surface area contributed by atoms with Crippen molar-refractivity contribution in [2.24, 2.45) is 0 Å². The van der Waals surface area contributed by atoms with Crippen molar-refractivity contribution >= 4 is 11.9 Å². The molecule has 0 saturated carbocycles. The molecule has 1 heterocycles. The van der Waals surface area contributed by atoms with Crippen LogP contribution in [0.1, 0.15) is 232 Å². The van der Waals surface area contributed by atoms with Crippen molar-refractivity contribution in [3.63, 3.8) is 0 Å². The average Bonchev–Trinajstić information content (AvgIpc) is 3.23. The standard InChI is InChI=1S/C49H92O10/c1-3-5-7-9-11-13-15-17-18-19-20-21-22-23-24-26-28-30-32-34-36-38-45(52)58-42(41-57-49-48(55)47(54)46(53)43(39-50)59-49)40-56-44(51)37-35-33-31-29-27-25-16-14-12-10-8-6-4-2/h17-18,42-43,46-50,53-55H,3-16,19-41H2,1-2H3/b18-17+/t42-,43-,46+,47?,48?,49-/m1/s1. The molecule has 1 rings (SSSR count). The Balaban J connectivity index is 2.25. The number of carbonyl (C=O) groups excluding carboxylic acids is 2. The maximum atomic E-state index is 12.8. The molecule has 1 fully saturated rings. The van der Waals surface area contributed by atoms with Crippen LogP contribution in [0.4, 0.5) is 0 Å². The fourth-order valence-corrected chi connectivity index (χ4v) is 7.71. The highest BCUT2D eigenvalue weighted by atomic mass is 16.7. The molecule has 0 aromatic carbocycles. The van der Waals surface area contributed by atoms with Gasteiger partial charge in [0.2, 0.25) is 0 Å². The lowest BCUT2D eigenvalue weighted by atomic mass is 9.99. The van der Waals surface area contributed by atoms with Gasteiger partial charge >= 0.3 is 11.9 Å². The van der Waals surface area contributed by atoms with Gasteiger partial charge in [0.1, 0.15) is 31.0 Å². The Morgan fingerprint density at radius 1 is 0.508 bits per heavy atom. The molecule has 1 aliphatic heterocycles. The molecule has 4 N–H and O–H groups in total. The van der Waals surface area contributed by atoms with Crippen LogP contribution in [0.3, 0.4) is 0 Å². The van der Waals surface area contributed by atoms with Gasteiger partial charge in [-0.15, -0.1) is 0 Å². The molecule has 0 radical (unpaired) electrons. The van der Waals surface area contributed by atoms with Crippen molar-refractivity contribution in [3.8, 4) is 0 Å². The van der Waals surface area contributed by atoms with Gasteiger partial charge in [-0.2, -0.15) is 0 Å². The Morgan fingerprint density at radius 3 is 1.32 bits per heavy atom. The molecular weight excluding hydrogens is 749 g/mol. The lowest BCUT2D eigenvalue weighted by Gasteiger charge is -2.39. The average molecular weight is 841 g/mol. The summed E-state index contributed by atoms with van der Waals surface area (Å²) in [6, 6.07) is 0. The first-order chi connectivity index (χ1) is 28.8. The van der Waals surface area contributed by atoms with Crippen molar-refractivity contribution < 1.29 is 49.0 Å². The van der Waals surface area contributed by atoms with Crippen molar-refractivity contribution in [1.29, 1.82) is 0 Å². The topological polar surface area (TPSA) is 152 Å². The van der Waals surface area contributed by atoms with Crippen molar-refractivity contribution in [2.45, 2.75) is 269 Å². The molecule has 0 aromatic rings. The second-order valence-electron chi connectivity index (χ2n) is 17.3. The lowest BCUT2D eigenvalue weighted by Crippen LogP contribution is -2.59. The van der Waals surface area contributed by atoms with Gasteiger partial charge in [-0.1, -0.05) is 193 Å². The van der Waals surface area contributed by atoms with Crippen molar-refractivity contribution in [2.75, 3.05) is 19.8 Å². The first kappa shape index (κ1) is 55.5. The van der Waals surface area contributed by atoms with Crippen LogP contribution in [-0.2, 0) is 28.5 Å². The molecule has 0 amide bonds. The van der Waals surface area contributed by atoms with Gasteiger partial charge in [0.05, 0.1) is 13.2 Å². The van der Waals surface area contributed by atoms with E-state index >= 15 is 0 Å². The molecule has 0 aliphatic carbocycles. The molecule has 10 heteroatoms. The lowest BCUT2D eigenvalue weighted by molar-refractivity contribution is -0.305. The number of rotatable bonds is 42. The van der Waals surface area contributed by atoms with Gasteiger partial charge < -0.3 is 39.4 Å². The summed E-state index contributed by atoms with van der Waals surface area (Å²) in [4.78, 5) is 25.4. The molecular formula is C49H92O10. The molecule has 10 nitrogen and oxygen atoms in total. The number of hydrogen-bond acceptors (Lipinski definition) is 10. The van der Waals surface area contributed by atoms with E-state index in [4.69, 9.17) is 18.9 Å². The smallest absolute Gasteiger partial charge is 0.306 e. The van der Waals surface area contributed by atoms with Gasteiger partial charge in [-0.25, -0.2) is 0 Å². The van der Waals surface area contributed by atoms with Crippen LogP contribution in [0.15, 0.2) is 12.2 Å². The fourth-order valence-electron chi connectivity index (χ4n) is 7.71. The van der Waals surface area contributed by atoms with E-state index in [-0.39, 0.29) is 32.0 Å². The summed E-state index contributed by atoms with van der Waals surface area (Å²) in [5.74, 6) is -0.794. The summed E-state index contributed by atoms with van der Waals surface area (Å²) in [7, 11) is 0. The number of ether oxygens (including phenoxy) is 4. The first-order valence-corrected chi connectivity index (χ1v) is 24.8. The largest absolute Gasteiger partial charge is 0.462 e. The van der Waals surface area contributed by atoms with E-state index in [0.717, 1.165) is 38.5 Å². The van der Waals surface area contributed by atoms with Crippen LogP contribution in [0.25, 0.3) is 0 Å². The Labute approximate surface area is 361 Å². The molecule has 0 bridgehead atoms. The summed E-state index contributed by atoms with van der Waals surface area (Å²) >= 11 is 0. The van der Waals surface area contributed by atoms with E-state index < -0.39 is 49.4 Å². The highest BCUT2D eigenvalue weighted by molar-refractivity contribution is 5.70. The van der Waals surface area contributed by atoms with E-state index in [2.05, 4.69) is 26.0 Å². The summed E-state index contributed by atoms with van der Waals surface area (Å²) in [5, 5.41) is 40.1. The van der Waals surface area contributed by atoms with Crippen LogP contribution in [0.5, 0.6) is 0 Å². The van der Waals surface area contributed by atoms with Crippen LogP contribution < -0.4 is 0 Å². The predicted octanol–water partition coefficient (Wildman–Crippen LogP) is 11.1. The number of aliphatic hydroxyl groups is 4. The van der Waals surface area contributed by atoms with E-state index in [9.17, 15) is 30.0 Å². The van der Waals surface area contributed by atoms with E-state index in [1.165, 1.54) is 161 Å². The number of allylic oxidation sites excluding steroid dienone is 2. The first-order valence-electron chi connectivity index (χ1n) is 24.8. The van der Waals surface area contributed by atoms with Gasteiger partial charge in [-0.05, 0) is 38.5 Å². The number of carbonyl (C=O) groups is 2. The Bertz CT molecular complexity index is 974. The van der Waals surface area contributed by atoms with Crippen LogP contribution >= 0.6 is 0 Å². The highest BCUT2D eigenvalue weighted by Crippen LogP contribution is 2.23. The zero-order valence-corrected chi connectivity index (χ0v) is 38.0. The minimum atomic E-state index is -1.59. The number of aliphatic hydroxyl groups excluding tert-OH is 4.